The maximum Gasteiger partial charge on any atom is 0.423 e. The Morgan fingerprint density at radius 2 is 1.48 bits per heavy atom. The summed E-state index contributed by atoms with van der Waals surface area (Å²) in [6.45, 7) is 0. The first kappa shape index (κ1) is 17.3. The van der Waals surface area contributed by atoms with Gasteiger partial charge in [0.15, 0.2) is 0 Å². The summed E-state index contributed by atoms with van der Waals surface area (Å²) in [4.78, 5) is 43.0. The van der Waals surface area contributed by atoms with Crippen molar-refractivity contribution < 1.29 is 28.9 Å². The molecule has 0 aliphatic rings. The summed E-state index contributed by atoms with van der Waals surface area (Å²) in [5.41, 5.74) is 7.56. The number of nitro groups is 2. The predicted octanol–water partition coefficient (Wildman–Crippen LogP) is 1.71. The molecule has 25 heavy (non-hydrogen) atoms. The Hall–Kier alpha value is -4.02. The summed E-state index contributed by atoms with van der Waals surface area (Å²) in [6, 6.07) is 7.10. The fourth-order valence-electron chi connectivity index (χ4n) is 1.65. The number of benzene rings is 2. The molecular weight excluding hydrogens is 338 g/mol. The molecule has 2 rings (SSSR count). The Balaban J connectivity index is 2.16. The van der Waals surface area contributed by atoms with Crippen molar-refractivity contribution in [2.24, 2.45) is 0 Å². The quantitative estimate of drug-likeness (QED) is 0.266. The van der Waals surface area contributed by atoms with Crippen LogP contribution in [0.3, 0.4) is 0 Å². The van der Waals surface area contributed by atoms with Gasteiger partial charge in [-0.2, -0.15) is 5.73 Å². The maximum absolute atomic E-state index is 11.7. The van der Waals surface area contributed by atoms with Crippen molar-refractivity contribution in [2.45, 2.75) is 0 Å². The van der Waals surface area contributed by atoms with Gasteiger partial charge in [-0.25, -0.2) is 9.59 Å². The van der Waals surface area contributed by atoms with Gasteiger partial charge in [-0.15, -0.1) is 0 Å². The number of carbonyl (C=O) groups excluding carboxylic acids is 2. The molecule has 0 aliphatic heterocycles. The molecule has 0 atom stereocenters. The van der Waals surface area contributed by atoms with E-state index in [-0.39, 0.29) is 11.4 Å². The van der Waals surface area contributed by atoms with Crippen molar-refractivity contribution in [1.82, 2.24) is 5.73 Å². The van der Waals surface area contributed by atoms with Gasteiger partial charge in [-0.3, -0.25) is 20.2 Å². The SMILES string of the molecule is [N]c1ccc(OC(=O)C(=O)Oc2ccc([N+](=O)[O-])cc2[N+](=O)[O-])cc1. The Morgan fingerprint density at radius 1 is 0.880 bits per heavy atom. The van der Waals surface area contributed by atoms with E-state index in [4.69, 9.17) is 5.73 Å². The molecule has 0 amide bonds. The monoisotopic (exact) mass is 345 g/mol. The molecule has 2 aromatic rings. The third kappa shape index (κ3) is 4.25. The molecule has 11 heteroatoms. The maximum atomic E-state index is 11.7. The number of nitrogens with zero attached hydrogens (tertiary/aromatic N) is 3. The highest BCUT2D eigenvalue weighted by Crippen LogP contribution is 2.31. The Morgan fingerprint density at radius 3 is 2.04 bits per heavy atom. The summed E-state index contributed by atoms with van der Waals surface area (Å²) >= 11 is 0. The van der Waals surface area contributed by atoms with Crippen LogP contribution in [0.4, 0.5) is 17.1 Å². The second-order valence-corrected chi connectivity index (χ2v) is 4.44. The number of esters is 2. The zero-order valence-electron chi connectivity index (χ0n) is 12.1. The van der Waals surface area contributed by atoms with Crippen LogP contribution in [0.15, 0.2) is 42.5 Å². The summed E-state index contributed by atoms with van der Waals surface area (Å²) in [6.07, 6.45) is 0. The van der Waals surface area contributed by atoms with E-state index >= 15 is 0 Å². The average molecular weight is 345 g/mol. The third-order valence-electron chi connectivity index (χ3n) is 2.77. The van der Waals surface area contributed by atoms with E-state index in [1.54, 1.807) is 0 Å². The molecule has 0 unspecified atom stereocenters. The highest BCUT2D eigenvalue weighted by atomic mass is 16.6. The molecule has 126 valence electrons. The molecule has 2 aromatic carbocycles. The summed E-state index contributed by atoms with van der Waals surface area (Å²) in [7, 11) is 0. The second-order valence-electron chi connectivity index (χ2n) is 4.44. The lowest BCUT2D eigenvalue weighted by Crippen LogP contribution is -2.25. The summed E-state index contributed by atoms with van der Waals surface area (Å²) in [5.74, 6) is -3.76. The Labute approximate surface area is 138 Å². The number of carbonyl (C=O) groups is 2. The number of non-ortho nitro benzene ring substituents is 1. The molecule has 0 fully saturated rings. The Kier molecular flexibility index (Phi) is 4.88. The molecular formula is C14H7N3O8. The van der Waals surface area contributed by atoms with Crippen molar-refractivity contribution in [3.63, 3.8) is 0 Å². The Bertz CT molecular complexity index is 863. The smallest absolute Gasteiger partial charge is 0.418 e. The number of rotatable bonds is 4. The fraction of sp³-hybridized carbons (Fsp3) is 0. The van der Waals surface area contributed by atoms with E-state index in [1.807, 2.05) is 0 Å². The van der Waals surface area contributed by atoms with Crippen LogP contribution in [0.5, 0.6) is 11.5 Å². The lowest BCUT2D eigenvalue weighted by Gasteiger charge is -2.05. The van der Waals surface area contributed by atoms with Gasteiger partial charge in [0.2, 0.25) is 5.75 Å². The van der Waals surface area contributed by atoms with Crippen molar-refractivity contribution in [3.05, 3.63) is 62.7 Å². The minimum absolute atomic E-state index is 0.0713. The third-order valence-corrected chi connectivity index (χ3v) is 2.77. The second kappa shape index (κ2) is 7.04. The molecule has 0 saturated carbocycles. The van der Waals surface area contributed by atoms with Gasteiger partial charge < -0.3 is 9.47 Å². The molecule has 0 aromatic heterocycles. The van der Waals surface area contributed by atoms with Crippen molar-refractivity contribution in [2.75, 3.05) is 0 Å². The van der Waals surface area contributed by atoms with Crippen molar-refractivity contribution in [3.8, 4) is 11.5 Å². The van der Waals surface area contributed by atoms with Crippen molar-refractivity contribution in [1.29, 1.82) is 0 Å². The van der Waals surface area contributed by atoms with Crippen LogP contribution < -0.4 is 15.2 Å². The van der Waals surface area contributed by atoms with Gasteiger partial charge >= 0.3 is 17.6 Å². The minimum atomic E-state index is -1.56. The molecule has 2 radical (unpaired) electrons. The van der Waals surface area contributed by atoms with Gasteiger partial charge in [-0.05, 0) is 30.3 Å². The number of nitro benzene ring substituents is 2. The normalized spacial score (nSPS) is 9.92. The van der Waals surface area contributed by atoms with Crippen LogP contribution in [-0.4, -0.2) is 21.8 Å². The molecule has 0 aliphatic carbocycles. The van der Waals surface area contributed by atoms with Gasteiger partial charge in [-0.1, -0.05) is 0 Å². The summed E-state index contributed by atoms with van der Waals surface area (Å²) < 4.78 is 9.24. The number of ether oxygens (including phenoxy) is 2. The van der Waals surface area contributed by atoms with E-state index in [9.17, 15) is 29.8 Å². The standard InChI is InChI=1S/C14H7N3O8/c15-8-1-4-10(5-2-8)24-13(18)14(19)25-12-6-3-9(16(20)21)7-11(12)17(22)23/h1-7H. The topological polar surface area (TPSA) is 161 Å². The minimum Gasteiger partial charge on any atom is -0.418 e. The lowest BCUT2D eigenvalue weighted by molar-refractivity contribution is -0.394. The predicted molar refractivity (Wildman–Crippen MR) is 79.3 cm³/mol. The van der Waals surface area contributed by atoms with Crippen LogP contribution in [0.1, 0.15) is 0 Å². The van der Waals surface area contributed by atoms with E-state index in [2.05, 4.69) is 9.47 Å². The average Bonchev–Trinajstić information content (AvgIpc) is 2.56. The van der Waals surface area contributed by atoms with Gasteiger partial charge in [0.05, 0.1) is 21.6 Å². The molecule has 0 bridgehead atoms. The first-order valence-corrected chi connectivity index (χ1v) is 6.44. The van der Waals surface area contributed by atoms with E-state index in [0.29, 0.717) is 6.07 Å². The first-order chi connectivity index (χ1) is 11.8. The van der Waals surface area contributed by atoms with Crippen LogP contribution in [0, 0.1) is 20.2 Å². The first-order valence-electron chi connectivity index (χ1n) is 6.44. The fourth-order valence-corrected chi connectivity index (χ4v) is 1.65. The molecule has 0 N–H and O–H groups in total. The summed E-state index contributed by atoms with van der Waals surface area (Å²) in [5, 5.41) is 21.6. The number of hydrogen-bond acceptors (Lipinski definition) is 8. The van der Waals surface area contributed by atoms with Crippen LogP contribution in [-0.2, 0) is 9.59 Å². The van der Waals surface area contributed by atoms with Crippen LogP contribution >= 0.6 is 0 Å². The van der Waals surface area contributed by atoms with Gasteiger partial charge in [0.1, 0.15) is 5.75 Å². The van der Waals surface area contributed by atoms with E-state index in [0.717, 1.165) is 12.1 Å². The number of hydrogen-bond donors (Lipinski definition) is 0. The van der Waals surface area contributed by atoms with Crippen LogP contribution in [0.25, 0.3) is 0 Å². The zero-order chi connectivity index (χ0) is 18.6. The van der Waals surface area contributed by atoms with Crippen molar-refractivity contribution >= 4 is 29.0 Å². The van der Waals surface area contributed by atoms with E-state index in [1.165, 1.54) is 24.3 Å². The lowest BCUT2D eigenvalue weighted by atomic mass is 10.2. The van der Waals surface area contributed by atoms with Gasteiger partial charge in [0, 0.05) is 6.07 Å². The zero-order valence-corrected chi connectivity index (χ0v) is 12.1. The van der Waals surface area contributed by atoms with E-state index < -0.39 is 38.9 Å². The molecule has 0 saturated heterocycles. The molecule has 0 spiro atoms. The highest BCUT2D eigenvalue weighted by molar-refractivity contribution is 6.31. The molecule has 11 nitrogen and oxygen atoms in total. The largest absolute Gasteiger partial charge is 0.423 e. The highest BCUT2D eigenvalue weighted by Gasteiger charge is 2.26. The van der Waals surface area contributed by atoms with Gasteiger partial charge in [0.25, 0.3) is 5.69 Å². The molecule has 0 heterocycles. The van der Waals surface area contributed by atoms with Crippen LogP contribution in [0.2, 0.25) is 0 Å².